The van der Waals surface area contributed by atoms with Crippen molar-refractivity contribution in [2.75, 3.05) is 0 Å². The van der Waals surface area contributed by atoms with Gasteiger partial charge in [0.2, 0.25) is 0 Å². The van der Waals surface area contributed by atoms with Crippen molar-refractivity contribution >= 4 is 15.9 Å². The summed E-state index contributed by atoms with van der Waals surface area (Å²) in [6.45, 7) is 2.78. The lowest BCUT2D eigenvalue weighted by Crippen LogP contribution is -2.02. The first-order valence-electron chi connectivity index (χ1n) is 4.34. The Balaban J connectivity index is 2.23. The van der Waals surface area contributed by atoms with Gasteiger partial charge < -0.3 is 0 Å². The molecule has 0 aromatic carbocycles. The molecule has 0 amide bonds. The molecule has 72 valence electrons. The summed E-state index contributed by atoms with van der Waals surface area (Å²) in [5.74, 6) is 0. The summed E-state index contributed by atoms with van der Waals surface area (Å²) in [5.41, 5.74) is 2.25. The van der Waals surface area contributed by atoms with Crippen LogP contribution in [0.15, 0.2) is 35.2 Å². The fourth-order valence-electron chi connectivity index (χ4n) is 1.28. The third-order valence-corrected chi connectivity index (χ3v) is 2.46. The molecule has 0 unspecified atom stereocenters. The van der Waals surface area contributed by atoms with E-state index in [1.54, 1.807) is 12.4 Å². The molecule has 3 nitrogen and oxygen atoms in total. The van der Waals surface area contributed by atoms with Crippen LogP contribution in [0.1, 0.15) is 11.3 Å². The normalized spacial score (nSPS) is 10.4. The summed E-state index contributed by atoms with van der Waals surface area (Å²) in [6, 6.07) is 4.01. The Morgan fingerprint density at radius 3 is 3.00 bits per heavy atom. The Hall–Kier alpha value is -1.16. The van der Waals surface area contributed by atoms with E-state index in [1.807, 2.05) is 23.9 Å². The van der Waals surface area contributed by atoms with Crippen molar-refractivity contribution in [2.24, 2.45) is 0 Å². The summed E-state index contributed by atoms with van der Waals surface area (Å²) in [7, 11) is 0. The minimum absolute atomic E-state index is 0.769. The molecular formula is C10H10BrN3. The topological polar surface area (TPSA) is 30.7 Å². The van der Waals surface area contributed by atoms with Crippen molar-refractivity contribution in [3.8, 4) is 0 Å². The summed E-state index contributed by atoms with van der Waals surface area (Å²) >= 11 is 3.37. The molecule has 0 radical (unpaired) electrons. The van der Waals surface area contributed by atoms with Crippen LogP contribution in [0.3, 0.4) is 0 Å². The molecule has 0 bridgehead atoms. The third kappa shape index (κ3) is 2.01. The van der Waals surface area contributed by atoms with Crippen molar-refractivity contribution in [3.05, 3.63) is 46.5 Å². The lowest BCUT2D eigenvalue weighted by molar-refractivity contribution is 0.681. The van der Waals surface area contributed by atoms with E-state index in [0.717, 1.165) is 16.7 Å². The van der Waals surface area contributed by atoms with Crippen LogP contribution in [-0.2, 0) is 6.54 Å². The van der Waals surface area contributed by atoms with E-state index < -0.39 is 0 Å². The number of aryl methyl sites for hydroxylation is 1. The van der Waals surface area contributed by atoms with Gasteiger partial charge in [0.25, 0.3) is 0 Å². The fourth-order valence-corrected chi connectivity index (χ4v) is 1.61. The minimum Gasteiger partial charge on any atom is -0.267 e. The largest absolute Gasteiger partial charge is 0.267 e. The zero-order chi connectivity index (χ0) is 9.97. The maximum Gasteiger partial charge on any atom is 0.0677 e. The summed E-state index contributed by atoms with van der Waals surface area (Å²) in [4.78, 5) is 4.23. The van der Waals surface area contributed by atoms with E-state index in [-0.39, 0.29) is 0 Å². The number of aromatic nitrogens is 3. The monoisotopic (exact) mass is 251 g/mol. The van der Waals surface area contributed by atoms with Gasteiger partial charge in [0, 0.05) is 18.1 Å². The number of hydrogen-bond donors (Lipinski definition) is 0. The molecular weight excluding hydrogens is 242 g/mol. The van der Waals surface area contributed by atoms with Crippen LogP contribution in [-0.4, -0.2) is 14.8 Å². The number of pyridine rings is 1. The van der Waals surface area contributed by atoms with Crippen LogP contribution in [0.4, 0.5) is 0 Å². The molecule has 2 rings (SSSR count). The number of hydrogen-bond acceptors (Lipinski definition) is 2. The second kappa shape index (κ2) is 3.92. The summed E-state index contributed by atoms with van der Waals surface area (Å²) < 4.78 is 2.88. The molecule has 0 saturated carbocycles. The second-order valence-corrected chi connectivity index (χ2v) is 4.02. The van der Waals surface area contributed by atoms with Crippen molar-refractivity contribution in [1.29, 1.82) is 0 Å². The van der Waals surface area contributed by atoms with Crippen LogP contribution in [0.5, 0.6) is 0 Å². The smallest absolute Gasteiger partial charge is 0.0677 e. The average Bonchev–Trinajstić information content (AvgIpc) is 2.56. The summed E-state index contributed by atoms with van der Waals surface area (Å²) in [5, 5.41) is 4.19. The molecule has 0 aliphatic rings. The standard InChI is InChI=1S/C10H10BrN3/c1-8-9(3-2-4-12-8)6-14-7-10(11)5-13-14/h2-5,7H,6H2,1H3. The highest BCUT2D eigenvalue weighted by Gasteiger charge is 2.00. The predicted octanol–water partition coefficient (Wildman–Crippen LogP) is 2.40. The predicted molar refractivity (Wildman–Crippen MR) is 58.0 cm³/mol. The number of rotatable bonds is 2. The quantitative estimate of drug-likeness (QED) is 0.821. The van der Waals surface area contributed by atoms with E-state index in [1.165, 1.54) is 5.56 Å². The highest BCUT2D eigenvalue weighted by atomic mass is 79.9. The van der Waals surface area contributed by atoms with Gasteiger partial charge in [0.05, 0.1) is 17.2 Å². The molecule has 0 N–H and O–H groups in total. The van der Waals surface area contributed by atoms with Crippen molar-refractivity contribution in [2.45, 2.75) is 13.5 Å². The van der Waals surface area contributed by atoms with Crippen LogP contribution in [0.2, 0.25) is 0 Å². The molecule has 4 heteroatoms. The maximum atomic E-state index is 4.23. The molecule has 2 aromatic heterocycles. The first-order valence-corrected chi connectivity index (χ1v) is 5.13. The van der Waals surface area contributed by atoms with Gasteiger partial charge in [-0.15, -0.1) is 0 Å². The molecule has 0 fully saturated rings. The number of halogens is 1. The van der Waals surface area contributed by atoms with Gasteiger partial charge in [-0.05, 0) is 34.5 Å². The van der Waals surface area contributed by atoms with E-state index in [0.29, 0.717) is 0 Å². The maximum absolute atomic E-state index is 4.23. The molecule has 0 saturated heterocycles. The zero-order valence-corrected chi connectivity index (χ0v) is 9.40. The molecule has 0 aliphatic heterocycles. The average molecular weight is 252 g/mol. The Morgan fingerprint density at radius 1 is 1.50 bits per heavy atom. The SMILES string of the molecule is Cc1ncccc1Cn1cc(Br)cn1. The van der Waals surface area contributed by atoms with Gasteiger partial charge in [-0.25, -0.2) is 0 Å². The fraction of sp³-hybridized carbons (Fsp3) is 0.200. The van der Waals surface area contributed by atoms with E-state index in [2.05, 4.69) is 32.1 Å². The molecule has 0 aliphatic carbocycles. The van der Waals surface area contributed by atoms with Gasteiger partial charge >= 0.3 is 0 Å². The van der Waals surface area contributed by atoms with Gasteiger partial charge in [-0.1, -0.05) is 6.07 Å². The highest BCUT2D eigenvalue weighted by molar-refractivity contribution is 9.10. The Kier molecular flexibility index (Phi) is 2.63. The van der Waals surface area contributed by atoms with Crippen molar-refractivity contribution < 1.29 is 0 Å². The molecule has 2 heterocycles. The van der Waals surface area contributed by atoms with E-state index >= 15 is 0 Å². The molecule has 14 heavy (non-hydrogen) atoms. The van der Waals surface area contributed by atoms with Crippen molar-refractivity contribution in [1.82, 2.24) is 14.8 Å². The lowest BCUT2D eigenvalue weighted by Gasteiger charge is -2.03. The van der Waals surface area contributed by atoms with Gasteiger partial charge in [-0.2, -0.15) is 5.10 Å². The summed E-state index contributed by atoms with van der Waals surface area (Å²) in [6.07, 6.45) is 5.54. The Morgan fingerprint density at radius 2 is 2.36 bits per heavy atom. The van der Waals surface area contributed by atoms with E-state index in [9.17, 15) is 0 Å². The van der Waals surface area contributed by atoms with Gasteiger partial charge in [-0.3, -0.25) is 9.67 Å². The van der Waals surface area contributed by atoms with Gasteiger partial charge in [0.15, 0.2) is 0 Å². The zero-order valence-electron chi connectivity index (χ0n) is 7.81. The van der Waals surface area contributed by atoms with Crippen LogP contribution >= 0.6 is 15.9 Å². The van der Waals surface area contributed by atoms with Crippen LogP contribution in [0.25, 0.3) is 0 Å². The highest BCUT2D eigenvalue weighted by Crippen LogP contribution is 2.10. The first-order chi connectivity index (χ1) is 6.75. The Labute approximate surface area is 90.9 Å². The van der Waals surface area contributed by atoms with Crippen molar-refractivity contribution in [3.63, 3.8) is 0 Å². The van der Waals surface area contributed by atoms with E-state index in [4.69, 9.17) is 0 Å². The minimum atomic E-state index is 0.769. The lowest BCUT2D eigenvalue weighted by atomic mass is 10.2. The van der Waals surface area contributed by atoms with Crippen LogP contribution in [0, 0.1) is 6.92 Å². The van der Waals surface area contributed by atoms with Gasteiger partial charge in [0.1, 0.15) is 0 Å². The Bertz CT molecular complexity index is 436. The molecule has 0 atom stereocenters. The molecule has 0 spiro atoms. The molecule has 2 aromatic rings. The first kappa shape index (κ1) is 9.40. The van der Waals surface area contributed by atoms with Crippen LogP contribution < -0.4 is 0 Å². The third-order valence-electron chi connectivity index (χ3n) is 2.05. The second-order valence-electron chi connectivity index (χ2n) is 3.10. The number of nitrogens with zero attached hydrogens (tertiary/aromatic N) is 3.